The van der Waals surface area contributed by atoms with Crippen molar-refractivity contribution in [3.8, 4) is 22.8 Å². The minimum absolute atomic E-state index is 0.0779. The lowest BCUT2D eigenvalue weighted by molar-refractivity contribution is -0.00759. The normalized spacial score (nSPS) is 21.4. The van der Waals surface area contributed by atoms with Gasteiger partial charge in [0.05, 0.1) is 0 Å². The van der Waals surface area contributed by atoms with Crippen LogP contribution in [0.25, 0.3) is 16.8 Å². The lowest BCUT2D eigenvalue weighted by Crippen LogP contribution is -2.57. The highest BCUT2D eigenvalue weighted by atomic mass is 19.1. The first-order chi connectivity index (χ1) is 21.1. The number of imidazole rings is 1. The first-order valence-corrected chi connectivity index (χ1v) is 15.3. The van der Waals surface area contributed by atoms with Crippen LogP contribution in [0, 0.1) is 5.82 Å². The highest BCUT2D eigenvalue weighted by Crippen LogP contribution is 2.39. The van der Waals surface area contributed by atoms with Crippen LogP contribution in [0.3, 0.4) is 0 Å². The van der Waals surface area contributed by atoms with Crippen LogP contribution in [0.4, 0.5) is 15.0 Å². The highest BCUT2D eigenvalue weighted by Gasteiger charge is 2.36. The van der Waals surface area contributed by atoms with Crippen LogP contribution in [-0.4, -0.2) is 72.8 Å². The van der Waals surface area contributed by atoms with E-state index in [0.29, 0.717) is 40.9 Å². The van der Waals surface area contributed by atoms with E-state index >= 15 is 4.39 Å². The average Bonchev–Trinajstić information content (AvgIpc) is 3.37. The SMILES string of the molecule is C[C@H]1CN([C@H]2CC[C@@H](c3nc(-c4ccc(Oc5ccccc5)cc4F)c4c(N)ncnn43)CC2)CCN1C(=O)OC(C)(C)C. The summed E-state index contributed by atoms with van der Waals surface area (Å²) in [6.45, 7) is 10.1. The number of nitrogens with zero attached hydrogens (tertiary/aromatic N) is 6. The van der Waals surface area contributed by atoms with Crippen molar-refractivity contribution in [3.63, 3.8) is 0 Å². The number of hydrogen-bond acceptors (Lipinski definition) is 8. The molecule has 0 spiro atoms. The number of carbonyl (C=O) groups is 1. The number of para-hydroxylation sites is 1. The molecule has 1 amide bonds. The molecule has 0 bridgehead atoms. The smallest absolute Gasteiger partial charge is 0.410 e. The second-order valence-electron chi connectivity index (χ2n) is 12.8. The predicted octanol–water partition coefficient (Wildman–Crippen LogP) is 6.27. The first kappa shape index (κ1) is 29.8. The molecule has 1 atom stereocenters. The monoisotopic (exact) mass is 601 g/mol. The van der Waals surface area contributed by atoms with Gasteiger partial charge in [0.25, 0.3) is 0 Å². The van der Waals surface area contributed by atoms with Crippen molar-refractivity contribution >= 4 is 17.4 Å². The fraction of sp³-hybridized carbons (Fsp3) is 0.455. The standard InChI is InChI=1S/C33H40FN7O3/c1-21-19-39(16-17-40(21)32(42)44-33(2,3)4)23-12-10-22(11-13-23)31-38-28(29-30(35)36-20-37-41(29)31)26-15-14-25(18-27(26)34)43-24-8-6-5-7-9-24/h5-9,14-15,18,20-23H,10-13,16-17,19H2,1-4H3,(H2,35,36,37)/t21-,22-,23+/m0/s1. The minimum atomic E-state index is -0.509. The van der Waals surface area contributed by atoms with Gasteiger partial charge in [0.15, 0.2) is 5.82 Å². The second kappa shape index (κ2) is 12.0. The van der Waals surface area contributed by atoms with Crippen molar-refractivity contribution in [2.75, 3.05) is 25.4 Å². The van der Waals surface area contributed by atoms with Gasteiger partial charge in [-0.15, -0.1) is 0 Å². The number of amides is 1. The molecule has 3 heterocycles. The number of aromatic nitrogens is 4. The van der Waals surface area contributed by atoms with Gasteiger partial charge < -0.3 is 20.1 Å². The summed E-state index contributed by atoms with van der Waals surface area (Å²) < 4.78 is 28.7. The van der Waals surface area contributed by atoms with E-state index in [1.807, 2.05) is 56.0 Å². The Morgan fingerprint density at radius 2 is 1.77 bits per heavy atom. The molecule has 10 nitrogen and oxygen atoms in total. The van der Waals surface area contributed by atoms with Crippen molar-refractivity contribution in [2.45, 2.75) is 77.0 Å². The largest absolute Gasteiger partial charge is 0.457 e. The summed E-state index contributed by atoms with van der Waals surface area (Å²) in [7, 11) is 0. The van der Waals surface area contributed by atoms with E-state index in [2.05, 4.69) is 21.9 Å². The molecule has 1 saturated heterocycles. The molecule has 44 heavy (non-hydrogen) atoms. The van der Waals surface area contributed by atoms with Gasteiger partial charge in [-0.2, -0.15) is 5.10 Å². The Hall–Kier alpha value is -4.25. The summed E-state index contributed by atoms with van der Waals surface area (Å²) in [6.07, 6.45) is 5.00. The maximum absolute atomic E-state index is 15.5. The third kappa shape index (κ3) is 6.19. The fourth-order valence-corrected chi connectivity index (χ4v) is 6.41. The molecule has 0 unspecified atom stereocenters. The minimum Gasteiger partial charge on any atom is -0.457 e. The number of nitrogen functional groups attached to an aromatic ring is 1. The fourth-order valence-electron chi connectivity index (χ4n) is 6.41. The Labute approximate surface area is 257 Å². The van der Waals surface area contributed by atoms with Gasteiger partial charge in [-0.1, -0.05) is 18.2 Å². The zero-order chi connectivity index (χ0) is 31.0. The number of carbonyl (C=O) groups excluding carboxylic acids is 1. The van der Waals surface area contributed by atoms with Crippen LogP contribution >= 0.6 is 0 Å². The molecule has 0 radical (unpaired) electrons. The Balaban J connectivity index is 1.17. The molecule has 2 aromatic heterocycles. The number of hydrogen-bond donors (Lipinski definition) is 1. The van der Waals surface area contributed by atoms with Crippen LogP contribution in [0.1, 0.15) is 65.1 Å². The molecule has 1 aliphatic heterocycles. The van der Waals surface area contributed by atoms with Crippen molar-refractivity contribution in [1.29, 1.82) is 0 Å². The predicted molar refractivity (Wildman–Crippen MR) is 166 cm³/mol. The molecule has 4 aromatic rings. The van der Waals surface area contributed by atoms with E-state index in [0.717, 1.165) is 44.6 Å². The third-order valence-corrected chi connectivity index (χ3v) is 8.53. The van der Waals surface area contributed by atoms with E-state index in [-0.39, 0.29) is 23.9 Å². The van der Waals surface area contributed by atoms with Gasteiger partial charge in [0.2, 0.25) is 0 Å². The number of nitrogens with two attached hydrogens (primary N) is 1. The summed E-state index contributed by atoms with van der Waals surface area (Å²) in [4.78, 5) is 26.2. The topological polar surface area (TPSA) is 111 Å². The van der Waals surface area contributed by atoms with E-state index in [1.165, 1.54) is 12.4 Å². The molecular weight excluding hydrogens is 561 g/mol. The summed E-state index contributed by atoms with van der Waals surface area (Å²) in [5.74, 6) is 1.73. The summed E-state index contributed by atoms with van der Waals surface area (Å²) >= 11 is 0. The van der Waals surface area contributed by atoms with Crippen LogP contribution in [0.2, 0.25) is 0 Å². The van der Waals surface area contributed by atoms with Gasteiger partial charge in [-0.3, -0.25) is 4.90 Å². The summed E-state index contributed by atoms with van der Waals surface area (Å²) in [5, 5.41) is 4.49. The van der Waals surface area contributed by atoms with Gasteiger partial charge in [0.1, 0.15) is 46.3 Å². The molecule has 2 aromatic carbocycles. The molecule has 2 N–H and O–H groups in total. The molecule has 1 aliphatic carbocycles. The Kier molecular flexibility index (Phi) is 8.15. The van der Waals surface area contributed by atoms with E-state index in [1.54, 1.807) is 16.6 Å². The van der Waals surface area contributed by atoms with E-state index in [4.69, 9.17) is 20.2 Å². The lowest BCUT2D eigenvalue weighted by atomic mass is 9.84. The molecule has 232 valence electrons. The average molecular weight is 602 g/mol. The third-order valence-electron chi connectivity index (χ3n) is 8.53. The van der Waals surface area contributed by atoms with Crippen LogP contribution in [0.15, 0.2) is 54.9 Å². The number of fused-ring (bicyclic) bond motifs is 1. The van der Waals surface area contributed by atoms with Gasteiger partial charge >= 0.3 is 6.09 Å². The van der Waals surface area contributed by atoms with E-state index in [9.17, 15) is 4.79 Å². The molecule has 2 fully saturated rings. The van der Waals surface area contributed by atoms with Crippen LogP contribution in [-0.2, 0) is 4.74 Å². The van der Waals surface area contributed by atoms with Crippen molar-refractivity contribution in [3.05, 3.63) is 66.5 Å². The zero-order valence-electron chi connectivity index (χ0n) is 25.7. The molecule has 1 saturated carbocycles. The van der Waals surface area contributed by atoms with Crippen molar-refractivity contribution in [2.24, 2.45) is 0 Å². The zero-order valence-corrected chi connectivity index (χ0v) is 25.7. The number of anilines is 1. The molecule has 6 rings (SSSR count). The summed E-state index contributed by atoms with van der Waals surface area (Å²) in [5.41, 5.74) is 7.06. The molecular formula is C33H40FN7O3. The number of piperazine rings is 1. The van der Waals surface area contributed by atoms with E-state index < -0.39 is 11.4 Å². The Morgan fingerprint density at radius 1 is 1.02 bits per heavy atom. The first-order valence-electron chi connectivity index (χ1n) is 15.3. The maximum Gasteiger partial charge on any atom is 0.410 e. The highest BCUT2D eigenvalue weighted by molar-refractivity contribution is 5.85. The van der Waals surface area contributed by atoms with Gasteiger partial charge in [0, 0.05) is 49.3 Å². The number of benzene rings is 2. The number of halogens is 1. The molecule has 11 heteroatoms. The van der Waals surface area contributed by atoms with Gasteiger partial charge in [-0.05, 0) is 77.6 Å². The van der Waals surface area contributed by atoms with Crippen molar-refractivity contribution < 1.29 is 18.7 Å². The quantitative estimate of drug-likeness (QED) is 0.285. The second-order valence-corrected chi connectivity index (χ2v) is 12.8. The Morgan fingerprint density at radius 3 is 2.45 bits per heavy atom. The summed E-state index contributed by atoms with van der Waals surface area (Å²) in [6, 6.07) is 14.5. The maximum atomic E-state index is 15.5. The molecule has 2 aliphatic rings. The van der Waals surface area contributed by atoms with Crippen molar-refractivity contribution in [1.82, 2.24) is 29.4 Å². The van der Waals surface area contributed by atoms with Crippen LogP contribution < -0.4 is 10.5 Å². The Bertz CT molecular complexity index is 1630. The number of rotatable bonds is 5. The van der Waals surface area contributed by atoms with Crippen LogP contribution in [0.5, 0.6) is 11.5 Å². The van der Waals surface area contributed by atoms with Gasteiger partial charge in [-0.25, -0.2) is 23.7 Å². The lowest BCUT2D eigenvalue weighted by Gasteiger charge is -2.45. The number of ether oxygens (including phenoxy) is 2.